The van der Waals surface area contributed by atoms with Crippen LogP contribution < -0.4 is 9.47 Å². The maximum absolute atomic E-state index is 13.2. The Bertz CT molecular complexity index is 457. The van der Waals surface area contributed by atoms with Crippen LogP contribution in [0.25, 0.3) is 0 Å². The smallest absolute Gasteiger partial charge is 0.419 e. The van der Waals surface area contributed by atoms with Gasteiger partial charge in [-0.15, -0.1) is 0 Å². The van der Waals surface area contributed by atoms with E-state index in [1.165, 1.54) is 32.4 Å². The highest BCUT2D eigenvalue weighted by Gasteiger charge is 2.44. The van der Waals surface area contributed by atoms with Gasteiger partial charge in [0, 0.05) is 5.56 Å². The average Bonchev–Trinajstić information content (AvgIpc) is 3.21. The fourth-order valence-corrected chi connectivity index (χ4v) is 1.77. The Morgan fingerprint density at radius 2 is 2.00 bits per heavy atom. The zero-order chi connectivity index (χ0) is 14.8. The molecule has 2 rings (SSSR count). The normalized spacial score (nSPS) is 19.6. The predicted octanol–water partition coefficient (Wildman–Crippen LogP) is 2.72. The fourth-order valence-electron chi connectivity index (χ4n) is 1.77. The lowest BCUT2D eigenvalue weighted by Crippen LogP contribution is -2.25. The largest absolute Gasteiger partial charge is 0.497 e. The van der Waals surface area contributed by atoms with Crippen LogP contribution in [0.5, 0.6) is 11.5 Å². The van der Waals surface area contributed by atoms with E-state index in [1.54, 1.807) is 0 Å². The van der Waals surface area contributed by atoms with Crippen molar-refractivity contribution in [3.8, 4) is 11.5 Å². The van der Waals surface area contributed by atoms with Crippen LogP contribution in [0.4, 0.5) is 13.2 Å². The topological polar surface area (TPSA) is 40.2 Å². The highest BCUT2D eigenvalue weighted by atomic mass is 19.4. The highest BCUT2D eigenvalue weighted by molar-refractivity contribution is 5.42. The van der Waals surface area contributed by atoms with Crippen molar-refractivity contribution in [1.29, 1.82) is 0 Å². The third-order valence-electron chi connectivity index (χ3n) is 2.87. The van der Waals surface area contributed by atoms with Crippen LogP contribution in [0.2, 0.25) is 0 Å². The van der Waals surface area contributed by atoms with E-state index < -0.39 is 12.3 Å². The SMILES string of the molecule is COc1ccc(OC)c(C(OCC2CO2)C(F)(F)F)c1. The number of rotatable bonds is 6. The standard InChI is InChI=1S/C13H15F3O4/c1-17-8-3-4-11(18-2)10(5-8)12(13(14,15)16)20-7-9-6-19-9/h3-5,9,12H,6-7H2,1-2H3. The molecule has 7 heteroatoms. The highest BCUT2D eigenvalue weighted by Crippen LogP contribution is 2.41. The van der Waals surface area contributed by atoms with E-state index in [-0.39, 0.29) is 24.0 Å². The molecular weight excluding hydrogens is 277 g/mol. The van der Waals surface area contributed by atoms with E-state index >= 15 is 0 Å². The summed E-state index contributed by atoms with van der Waals surface area (Å²) >= 11 is 0. The van der Waals surface area contributed by atoms with Gasteiger partial charge in [-0.1, -0.05) is 0 Å². The lowest BCUT2D eigenvalue weighted by molar-refractivity contribution is -0.225. The van der Waals surface area contributed by atoms with Gasteiger partial charge in [0.05, 0.1) is 27.4 Å². The van der Waals surface area contributed by atoms with Gasteiger partial charge in [0.1, 0.15) is 17.6 Å². The quantitative estimate of drug-likeness (QED) is 0.756. The third kappa shape index (κ3) is 3.55. The Morgan fingerprint density at radius 3 is 2.50 bits per heavy atom. The molecule has 0 radical (unpaired) electrons. The summed E-state index contributed by atoms with van der Waals surface area (Å²) < 4.78 is 59.3. The van der Waals surface area contributed by atoms with E-state index in [2.05, 4.69) is 0 Å². The molecule has 0 aromatic heterocycles. The first kappa shape index (κ1) is 14.9. The van der Waals surface area contributed by atoms with Crippen molar-refractivity contribution < 1.29 is 32.1 Å². The molecule has 1 heterocycles. The monoisotopic (exact) mass is 292 g/mol. The van der Waals surface area contributed by atoms with E-state index in [4.69, 9.17) is 18.9 Å². The van der Waals surface area contributed by atoms with Crippen molar-refractivity contribution in [1.82, 2.24) is 0 Å². The lowest BCUT2D eigenvalue weighted by Gasteiger charge is -2.23. The number of ether oxygens (including phenoxy) is 4. The average molecular weight is 292 g/mol. The molecule has 0 aliphatic carbocycles. The van der Waals surface area contributed by atoms with Crippen LogP contribution in [0, 0.1) is 0 Å². The minimum Gasteiger partial charge on any atom is -0.497 e. The Balaban J connectivity index is 2.29. The summed E-state index contributed by atoms with van der Waals surface area (Å²) in [6.45, 7) is 0.324. The molecule has 2 unspecified atom stereocenters. The van der Waals surface area contributed by atoms with Crippen molar-refractivity contribution in [2.75, 3.05) is 27.4 Å². The van der Waals surface area contributed by atoms with Gasteiger partial charge in [0.2, 0.25) is 0 Å². The van der Waals surface area contributed by atoms with Crippen LogP contribution in [-0.2, 0) is 9.47 Å². The van der Waals surface area contributed by atoms with E-state index in [0.717, 1.165) is 0 Å². The molecule has 4 nitrogen and oxygen atoms in total. The first-order valence-electron chi connectivity index (χ1n) is 5.97. The Morgan fingerprint density at radius 1 is 1.30 bits per heavy atom. The summed E-state index contributed by atoms with van der Waals surface area (Å²) in [5.74, 6) is 0.408. The number of halogens is 3. The Kier molecular flexibility index (Phi) is 4.39. The molecule has 1 aromatic rings. The lowest BCUT2D eigenvalue weighted by atomic mass is 10.1. The van der Waals surface area contributed by atoms with Crippen molar-refractivity contribution in [2.45, 2.75) is 18.4 Å². The number of benzene rings is 1. The van der Waals surface area contributed by atoms with Crippen molar-refractivity contribution in [3.05, 3.63) is 23.8 Å². The number of hydrogen-bond acceptors (Lipinski definition) is 4. The fraction of sp³-hybridized carbons (Fsp3) is 0.538. The molecule has 1 saturated heterocycles. The number of alkyl halides is 3. The molecule has 0 spiro atoms. The van der Waals surface area contributed by atoms with Crippen LogP contribution in [0.3, 0.4) is 0 Å². The van der Waals surface area contributed by atoms with E-state index in [1.807, 2.05) is 0 Å². The van der Waals surface area contributed by atoms with Crippen LogP contribution >= 0.6 is 0 Å². The summed E-state index contributed by atoms with van der Waals surface area (Å²) in [4.78, 5) is 0. The molecule has 0 saturated carbocycles. The molecule has 1 fully saturated rings. The summed E-state index contributed by atoms with van der Waals surface area (Å²) in [5.41, 5.74) is -0.111. The molecule has 20 heavy (non-hydrogen) atoms. The first-order chi connectivity index (χ1) is 9.45. The second-order valence-corrected chi connectivity index (χ2v) is 4.32. The zero-order valence-corrected chi connectivity index (χ0v) is 11.1. The second kappa shape index (κ2) is 5.88. The maximum atomic E-state index is 13.2. The number of epoxide rings is 1. The van der Waals surface area contributed by atoms with Gasteiger partial charge in [0.15, 0.2) is 6.10 Å². The van der Waals surface area contributed by atoms with Crippen molar-refractivity contribution in [3.63, 3.8) is 0 Å². The van der Waals surface area contributed by atoms with Crippen molar-refractivity contribution >= 4 is 0 Å². The molecule has 1 aliphatic heterocycles. The molecule has 2 atom stereocenters. The van der Waals surface area contributed by atoms with Gasteiger partial charge < -0.3 is 18.9 Å². The van der Waals surface area contributed by atoms with Gasteiger partial charge in [-0.05, 0) is 18.2 Å². The summed E-state index contributed by atoms with van der Waals surface area (Å²) in [6.07, 6.45) is -6.87. The van der Waals surface area contributed by atoms with Gasteiger partial charge in [0.25, 0.3) is 0 Å². The molecule has 1 aromatic carbocycles. The van der Waals surface area contributed by atoms with Gasteiger partial charge in [-0.2, -0.15) is 13.2 Å². The molecule has 1 aliphatic rings. The summed E-state index contributed by atoms with van der Waals surface area (Å²) in [7, 11) is 2.69. The second-order valence-electron chi connectivity index (χ2n) is 4.32. The van der Waals surface area contributed by atoms with Gasteiger partial charge >= 0.3 is 6.18 Å². The van der Waals surface area contributed by atoms with E-state index in [0.29, 0.717) is 12.4 Å². The number of hydrogen-bond donors (Lipinski definition) is 0. The van der Waals surface area contributed by atoms with Crippen LogP contribution in [0.15, 0.2) is 18.2 Å². The maximum Gasteiger partial charge on any atom is 0.419 e. The van der Waals surface area contributed by atoms with Crippen LogP contribution in [-0.4, -0.2) is 39.7 Å². The molecular formula is C13H15F3O4. The predicted molar refractivity (Wildman–Crippen MR) is 64.0 cm³/mol. The molecule has 112 valence electrons. The summed E-state index contributed by atoms with van der Waals surface area (Å²) in [5, 5.41) is 0. The molecule has 0 N–H and O–H groups in total. The zero-order valence-electron chi connectivity index (χ0n) is 11.1. The minimum absolute atomic E-state index is 0.102. The van der Waals surface area contributed by atoms with E-state index in [9.17, 15) is 13.2 Å². The molecule has 0 amide bonds. The first-order valence-corrected chi connectivity index (χ1v) is 5.97. The van der Waals surface area contributed by atoms with Gasteiger partial charge in [-0.3, -0.25) is 0 Å². The number of methoxy groups -OCH3 is 2. The third-order valence-corrected chi connectivity index (χ3v) is 2.87. The minimum atomic E-state index is -4.55. The molecule has 0 bridgehead atoms. The Hall–Kier alpha value is -1.47. The van der Waals surface area contributed by atoms with Crippen molar-refractivity contribution in [2.24, 2.45) is 0 Å². The van der Waals surface area contributed by atoms with Crippen LogP contribution in [0.1, 0.15) is 11.7 Å². The Labute approximate surface area is 114 Å². The van der Waals surface area contributed by atoms with Gasteiger partial charge in [-0.25, -0.2) is 0 Å². The summed E-state index contributed by atoms with van der Waals surface area (Å²) in [6, 6.07) is 4.22.